The maximum atomic E-state index is 11.6. The number of benzene rings is 1. The van der Waals surface area contributed by atoms with E-state index >= 15 is 0 Å². The minimum Gasteiger partial charge on any atom is -0.399 e. The van der Waals surface area contributed by atoms with Gasteiger partial charge in [-0.05, 0) is 31.0 Å². The lowest BCUT2D eigenvalue weighted by molar-refractivity contribution is -0.122. The van der Waals surface area contributed by atoms with E-state index in [-0.39, 0.29) is 18.4 Å². The van der Waals surface area contributed by atoms with Crippen molar-refractivity contribution in [1.82, 2.24) is 5.32 Å². The number of aryl methyl sites for hydroxylation is 1. The molecule has 0 aliphatic rings. The van der Waals surface area contributed by atoms with Gasteiger partial charge in [-0.15, -0.1) is 0 Å². The van der Waals surface area contributed by atoms with Crippen LogP contribution in [-0.4, -0.2) is 17.9 Å². The molecule has 0 aliphatic heterocycles. The molecule has 1 aromatic rings. The van der Waals surface area contributed by atoms with Crippen molar-refractivity contribution in [2.75, 3.05) is 5.73 Å². The lowest BCUT2D eigenvalue weighted by Gasteiger charge is -2.11. The van der Waals surface area contributed by atoms with Gasteiger partial charge in [-0.1, -0.05) is 12.1 Å². The molecule has 18 heavy (non-hydrogen) atoms. The fourth-order valence-corrected chi connectivity index (χ4v) is 1.64. The SMILES string of the molecule is CC(CC(N)=O)NC(=O)CCc1ccc(N)cc1. The molecule has 98 valence electrons. The Labute approximate surface area is 107 Å². The summed E-state index contributed by atoms with van der Waals surface area (Å²) in [5.41, 5.74) is 12.4. The van der Waals surface area contributed by atoms with Crippen LogP contribution >= 0.6 is 0 Å². The third-order valence-corrected chi connectivity index (χ3v) is 2.54. The quantitative estimate of drug-likeness (QED) is 0.643. The number of nitrogens with two attached hydrogens (primary N) is 2. The molecular weight excluding hydrogens is 230 g/mol. The lowest BCUT2D eigenvalue weighted by atomic mass is 10.1. The maximum Gasteiger partial charge on any atom is 0.220 e. The summed E-state index contributed by atoms with van der Waals surface area (Å²) in [5.74, 6) is -0.498. The number of primary amides is 1. The zero-order valence-corrected chi connectivity index (χ0v) is 10.5. The molecule has 1 unspecified atom stereocenters. The topological polar surface area (TPSA) is 98.2 Å². The molecule has 1 rings (SSSR count). The average molecular weight is 249 g/mol. The van der Waals surface area contributed by atoms with Gasteiger partial charge in [0.1, 0.15) is 0 Å². The highest BCUT2D eigenvalue weighted by molar-refractivity contribution is 5.78. The summed E-state index contributed by atoms with van der Waals surface area (Å²) in [4.78, 5) is 22.2. The monoisotopic (exact) mass is 249 g/mol. The van der Waals surface area contributed by atoms with Gasteiger partial charge in [0, 0.05) is 24.6 Å². The zero-order valence-electron chi connectivity index (χ0n) is 10.5. The minimum atomic E-state index is -0.415. The molecule has 0 saturated carbocycles. The first-order chi connectivity index (χ1) is 8.47. The van der Waals surface area contributed by atoms with E-state index in [0.717, 1.165) is 5.56 Å². The molecule has 0 heterocycles. The van der Waals surface area contributed by atoms with Crippen molar-refractivity contribution in [1.29, 1.82) is 0 Å². The third-order valence-electron chi connectivity index (χ3n) is 2.54. The molecule has 0 bridgehead atoms. The second-order valence-electron chi connectivity index (χ2n) is 4.38. The van der Waals surface area contributed by atoms with Crippen molar-refractivity contribution >= 4 is 17.5 Å². The highest BCUT2D eigenvalue weighted by Gasteiger charge is 2.09. The van der Waals surface area contributed by atoms with Crippen molar-refractivity contribution in [3.05, 3.63) is 29.8 Å². The van der Waals surface area contributed by atoms with Gasteiger partial charge < -0.3 is 16.8 Å². The maximum absolute atomic E-state index is 11.6. The van der Waals surface area contributed by atoms with Crippen LogP contribution in [0.5, 0.6) is 0 Å². The van der Waals surface area contributed by atoms with Crippen LogP contribution in [0.4, 0.5) is 5.69 Å². The van der Waals surface area contributed by atoms with Crippen LogP contribution in [-0.2, 0) is 16.0 Å². The Morgan fingerprint density at radius 1 is 1.28 bits per heavy atom. The number of carbonyl (C=O) groups is 2. The predicted molar refractivity (Wildman–Crippen MR) is 70.6 cm³/mol. The van der Waals surface area contributed by atoms with Crippen molar-refractivity contribution in [2.24, 2.45) is 5.73 Å². The van der Waals surface area contributed by atoms with Gasteiger partial charge in [0.15, 0.2) is 0 Å². The molecule has 5 nitrogen and oxygen atoms in total. The minimum absolute atomic E-state index is 0.0828. The summed E-state index contributed by atoms with van der Waals surface area (Å²) < 4.78 is 0. The number of hydrogen-bond donors (Lipinski definition) is 3. The Bertz CT molecular complexity index is 415. The number of anilines is 1. The number of amides is 2. The van der Waals surface area contributed by atoms with Crippen LogP contribution < -0.4 is 16.8 Å². The summed E-state index contributed by atoms with van der Waals surface area (Å²) >= 11 is 0. The molecular formula is C13H19N3O2. The fraction of sp³-hybridized carbons (Fsp3) is 0.385. The van der Waals surface area contributed by atoms with Gasteiger partial charge in [0.25, 0.3) is 0 Å². The molecule has 1 aromatic carbocycles. The summed E-state index contributed by atoms with van der Waals surface area (Å²) in [7, 11) is 0. The second kappa shape index (κ2) is 6.64. The zero-order chi connectivity index (χ0) is 13.5. The predicted octanol–water partition coefficient (Wildman–Crippen LogP) is 0.582. The van der Waals surface area contributed by atoms with E-state index in [1.807, 2.05) is 24.3 Å². The number of nitrogens with one attached hydrogen (secondary N) is 1. The van der Waals surface area contributed by atoms with E-state index in [1.54, 1.807) is 6.92 Å². The molecule has 0 saturated heterocycles. The van der Waals surface area contributed by atoms with Crippen LogP contribution in [0.3, 0.4) is 0 Å². The Morgan fingerprint density at radius 3 is 2.44 bits per heavy atom. The summed E-state index contributed by atoms with van der Waals surface area (Å²) in [6, 6.07) is 7.19. The van der Waals surface area contributed by atoms with Crippen molar-refractivity contribution in [2.45, 2.75) is 32.2 Å². The van der Waals surface area contributed by atoms with E-state index in [0.29, 0.717) is 18.5 Å². The van der Waals surface area contributed by atoms with E-state index < -0.39 is 5.91 Å². The van der Waals surface area contributed by atoms with Gasteiger partial charge in [0.2, 0.25) is 11.8 Å². The fourth-order valence-electron chi connectivity index (χ4n) is 1.64. The number of nitrogen functional groups attached to an aromatic ring is 1. The summed E-state index contributed by atoms with van der Waals surface area (Å²) in [5, 5.41) is 2.73. The molecule has 5 N–H and O–H groups in total. The second-order valence-corrected chi connectivity index (χ2v) is 4.38. The Balaban J connectivity index is 2.32. The first-order valence-electron chi connectivity index (χ1n) is 5.89. The smallest absolute Gasteiger partial charge is 0.220 e. The number of carbonyl (C=O) groups excluding carboxylic acids is 2. The molecule has 0 spiro atoms. The molecule has 5 heteroatoms. The number of hydrogen-bond acceptors (Lipinski definition) is 3. The van der Waals surface area contributed by atoms with Gasteiger partial charge in [0.05, 0.1) is 0 Å². The highest BCUT2D eigenvalue weighted by atomic mass is 16.2. The molecule has 1 atom stereocenters. The first kappa shape index (κ1) is 14.0. The van der Waals surface area contributed by atoms with Crippen molar-refractivity contribution in [3.63, 3.8) is 0 Å². The van der Waals surface area contributed by atoms with Crippen LogP contribution in [0, 0.1) is 0 Å². The molecule has 0 radical (unpaired) electrons. The van der Waals surface area contributed by atoms with Crippen LogP contribution in [0.25, 0.3) is 0 Å². The normalized spacial score (nSPS) is 11.8. The average Bonchev–Trinajstić information content (AvgIpc) is 2.27. The molecule has 0 fully saturated rings. The number of rotatable bonds is 6. The van der Waals surface area contributed by atoms with Crippen molar-refractivity contribution < 1.29 is 9.59 Å². The Kier molecular flexibility index (Phi) is 5.17. The summed E-state index contributed by atoms with van der Waals surface area (Å²) in [6.45, 7) is 1.76. The van der Waals surface area contributed by atoms with Gasteiger partial charge in [-0.2, -0.15) is 0 Å². The Hall–Kier alpha value is -2.04. The van der Waals surface area contributed by atoms with Crippen LogP contribution in [0.15, 0.2) is 24.3 Å². The van der Waals surface area contributed by atoms with Crippen LogP contribution in [0.1, 0.15) is 25.3 Å². The van der Waals surface area contributed by atoms with Crippen LogP contribution in [0.2, 0.25) is 0 Å². The first-order valence-corrected chi connectivity index (χ1v) is 5.89. The van der Waals surface area contributed by atoms with Gasteiger partial charge in [-0.25, -0.2) is 0 Å². The van der Waals surface area contributed by atoms with E-state index in [1.165, 1.54) is 0 Å². The van der Waals surface area contributed by atoms with E-state index in [2.05, 4.69) is 5.32 Å². The lowest BCUT2D eigenvalue weighted by Crippen LogP contribution is -2.35. The van der Waals surface area contributed by atoms with Gasteiger partial charge in [-0.3, -0.25) is 9.59 Å². The molecule has 0 aromatic heterocycles. The Morgan fingerprint density at radius 2 is 1.89 bits per heavy atom. The third kappa shape index (κ3) is 5.34. The van der Waals surface area contributed by atoms with Crippen molar-refractivity contribution in [3.8, 4) is 0 Å². The molecule has 0 aliphatic carbocycles. The largest absolute Gasteiger partial charge is 0.399 e. The highest BCUT2D eigenvalue weighted by Crippen LogP contribution is 2.07. The summed E-state index contributed by atoms with van der Waals surface area (Å²) in [6.07, 6.45) is 1.19. The van der Waals surface area contributed by atoms with E-state index in [4.69, 9.17) is 11.5 Å². The standard InChI is InChI=1S/C13H19N3O2/c1-9(8-12(15)17)16-13(18)7-4-10-2-5-11(14)6-3-10/h2-3,5-6,9H,4,7-8,14H2,1H3,(H2,15,17)(H,16,18). The van der Waals surface area contributed by atoms with Gasteiger partial charge >= 0.3 is 0 Å². The molecule has 2 amide bonds. The van der Waals surface area contributed by atoms with E-state index in [9.17, 15) is 9.59 Å².